The Balaban J connectivity index is 0. The van der Waals surface area contributed by atoms with Gasteiger partial charge in [0.2, 0.25) is 0 Å². The highest BCUT2D eigenvalue weighted by Gasteiger charge is 2.15. The minimum absolute atomic E-state index is 0. The van der Waals surface area contributed by atoms with Crippen LogP contribution in [0.2, 0.25) is 0 Å². The molecule has 15 heavy (non-hydrogen) atoms. The Bertz CT molecular complexity index is 292. The highest BCUT2D eigenvalue weighted by Crippen LogP contribution is 2.00. The number of likely N-dealkylation sites (N-methyl/N-ethyl adjacent to an activating group) is 1. The molecule has 6 N–H and O–H groups in total. The molecule has 0 saturated carbocycles. The van der Waals surface area contributed by atoms with Gasteiger partial charge in [-0.25, -0.2) is 0 Å². The molecular weight excluding hydrogens is 226 g/mol. The van der Waals surface area contributed by atoms with Crippen LogP contribution in [0.15, 0.2) is 4.99 Å². The third kappa shape index (κ3) is 9.56. The molecule has 0 aliphatic carbocycles. The van der Waals surface area contributed by atoms with Gasteiger partial charge in [-0.1, -0.05) is 0 Å². The van der Waals surface area contributed by atoms with Gasteiger partial charge in [0.05, 0.1) is 6.54 Å². The van der Waals surface area contributed by atoms with E-state index in [1.807, 2.05) is 11.9 Å². The van der Waals surface area contributed by atoms with Crippen LogP contribution in [0.1, 0.15) is 6.92 Å². The van der Waals surface area contributed by atoms with Gasteiger partial charge in [0.1, 0.15) is 11.9 Å². The number of aliphatic hydroxyl groups is 1. The molecule has 1 atom stereocenters. The van der Waals surface area contributed by atoms with E-state index in [1.165, 1.54) is 0 Å². The molecule has 1 unspecified atom stereocenters. The highest BCUT2D eigenvalue weighted by molar-refractivity contribution is 7.79. The second-order valence-corrected chi connectivity index (χ2v) is 3.68. The van der Waals surface area contributed by atoms with Crippen LogP contribution in [0.5, 0.6) is 0 Å². The molecule has 0 bridgehead atoms. The van der Waals surface area contributed by atoms with Crippen LogP contribution in [0.3, 0.4) is 0 Å². The van der Waals surface area contributed by atoms with Gasteiger partial charge < -0.3 is 16.2 Å². The predicted octanol–water partition coefficient (Wildman–Crippen LogP) is -0.780. The van der Waals surface area contributed by atoms with Gasteiger partial charge in [0, 0.05) is 13.6 Å². The fraction of sp³-hybridized carbons (Fsp3) is 0.833. The van der Waals surface area contributed by atoms with Crippen LogP contribution in [0, 0.1) is 0 Å². The van der Waals surface area contributed by atoms with Crippen LogP contribution in [-0.2, 0) is 10.4 Å². The smallest absolute Gasteiger partial charge is 0.385 e. The number of hydrogen-bond acceptors (Lipinski definition) is 6. The van der Waals surface area contributed by atoms with Crippen LogP contribution >= 0.6 is 0 Å². The molecule has 0 saturated heterocycles. The number of aliphatic hydroxyl groups excluding tert-OH is 1. The van der Waals surface area contributed by atoms with Crippen molar-refractivity contribution in [3.05, 3.63) is 0 Å². The summed E-state index contributed by atoms with van der Waals surface area (Å²) in [6, 6.07) is 0. The summed E-state index contributed by atoms with van der Waals surface area (Å²) < 4.78 is 31.6. The molecule has 1 rings (SSSR count). The van der Waals surface area contributed by atoms with Crippen molar-refractivity contribution < 1.29 is 22.6 Å². The van der Waals surface area contributed by atoms with Crippen molar-refractivity contribution in [2.75, 3.05) is 20.1 Å². The van der Waals surface area contributed by atoms with Crippen molar-refractivity contribution >= 4 is 16.2 Å². The summed E-state index contributed by atoms with van der Waals surface area (Å²) in [6.45, 7) is 3.51. The fourth-order valence-electron chi connectivity index (χ4n) is 1.00. The van der Waals surface area contributed by atoms with E-state index in [0.29, 0.717) is 0 Å². The van der Waals surface area contributed by atoms with E-state index >= 15 is 0 Å². The van der Waals surface area contributed by atoms with Gasteiger partial charge in [-0.2, -0.15) is 8.42 Å². The van der Waals surface area contributed by atoms with Crippen LogP contribution < -0.4 is 6.15 Å². The molecule has 0 spiro atoms. The van der Waals surface area contributed by atoms with Crippen molar-refractivity contribution in [3.8, 4) is 0 Å². The third-order valence-corrected chi connectivity index (χ3v) is 1.47. The Morgan fingerprint density at radius 2 is 1.87 bits per heavy atom. The van der Waals surface area contributed by atoms with E-state index in [0.717, 1.165) is 18.9 Å². The number of amidine groups is 1. The average Bonchev–Trinajstić information content (AvgIpc) is 2.30. The molecule has 0 aromatic carbocycles. The molecule has 8 nitrogen and oxygen atoms in total. The van der Waals surface area contributed by atoms with E-state index in [9.17, 15) is 0 Å². The highest BCUT2D eigenvalue weighted by atomic mass is 32.3. The van der Waals surface area contributed by atoms with Gasteiger partial charge in [0.15, 0.2) is 0 Å². The van der Waals surface area contributed by atoms with Gasteiger partial charge in [0.25, 0.3) is 0 Å². The van der Waals surface area contributed by atoms with Crippen molar-refractivity contribution in [1.82, 2.24) is 11.1 Å². The standard InChI is InChI=1S/C6H12N2O.H3N.H2O4S/c1-5(9)6-7-3-4-8(6)2;;1-5(2,3)4/h5,9H,3-4H2,1-2H3;1H3;(H2,1,2,3,4). The van der Waals surface area contributed by atoms with Gasteiger partial charge in [-0.3, -0.25) is 14.1 Å². The Morgan fingerprint density at radius 3 is 2.00 bits per heavy atom. The Kier molecular flexibility index (Phi) is 7.44. The maximum atomic E-state index is 9.05. The molecule has 1 aliphatic rings. The second-order valence-electron chi connectivity index (χ2n) is 2.79. The van der Waals surface area contributed by atoms with E-state index in [-0.39, 0.29) is 6.15 Å². The van der Waals surface area contributed by atoms with Crippen molar-refractivity contribution in [3.63, 3.8) is 0 Å². The summed E-state index contributed by atoms with van der Waals surface area (Å²) in [5.41, 5.74) is 0. The lowest BCUT2D eigenvalue weighted by molar-refractivity contribution is 0.247. The lowest BCUT2D eigenvalue weighted by atomic mass is 10.3. The minimum atomic E-state index is -4.67. The normalized spacial score (nSPS) is 17.1. The summed E-state index contributed by atoms with van der Waals surface area (Å²) in [5.74, 6) is 0.815. The van der Waals surface area contributed by atoms with Gasteiger partial charge in [-0.05, 0) is 6.92 Å². The monoisotopic (exact) mass is 243 g/mol. The Morgan fingerprint density at radius 1 is 1.47 bits per heavy atom. The van der Waals surface area contributed by atoms with Gasteiger partial charge >= 0.3 is 10.4 Å². The molecule has 1 aliphatic heterocycles. The summed E-state index contributed by atoms with van der Waals surface area (Å²) >= 11 is 0. The van der Waals surface area contributed by atoms with Crippen molar-refractivity contribution in [2.24, 2.45) is 4.99 Å². The largest absolute Gasteiger partial charge is 0.394 e. The van der Waals surface area contributed by atoms with E-state index in [2.05, 4.69) is 4.99 Å². The topological polar surface area (TPSA) is 145 Å². The van der Waals surface area contributed by atoms with Crippen molar-refractivity contribution in [1.29, 1.82) is 0 Å². The summed E-state index contributed by atoms with van der Waals surface area (Å²) in [4.78, 5) is 6.09. The van der Waals surface area contributed by atoms with Gasteiger partial charge in [-0.15, -0.1) is 0 Å². The van der Waals surface area contributed by atoms with E-state index in [4.69, 9.17) is 22.6 Å². The quantitative estimate of drug-likeness (QED) is 0.442. The van der Waals surface area contributed by atoms with Crippen LogP contribution in [0.4, 0.5) is 0 Å². The maximum Gasteiger partial charge on any atom is 0.394 e. The lowest BCUT2D eigenvalue weighted by Crippen LogP contribution is -2.31. The number of hydrogen-bond donors (Lipinski definition) is 4. The Labute approximate surface area is 88.8 Å². The minimum Gasteiger partial charge on any atom is -0.385 e. The molecular formula is C6H17N3O5S. The number of nitrogens with zero attached hydrogens (tertiary/aromatic N) is 2. The summed E-state index contributed by atoms with van der Waals surface area (Å²) in [6.07, 6.45) is -0.405. The second kappa shape index (κ2) is 6.69. The molecule has 9 heteroatoms. The number of rotatable bonds is 1. The zero-order valence-corrected chi connectivity index (χ0v) is 9.48. The fourth-order valence-corrected chi connectivity index (χ4v) is 1.00. The third-order valence-electron chi connectivity index (χ3n) is 1.47. The Hall–Kier alpha value is -0.740. The molecule has 0 radical (unpaired) electrons. The first-order valence-corrected chi connectivity index (χ1v) is 5.25. The molecule has 0 amide bonds. The first-order valence-electron chi connectivity index (χ1n) is 3.85. The summed E-state index contributed by atoms with van der Waals surface area (Å²) in [5, 5.41) is 9.05. The van der Waals surface area contributed by atoms with Crippen LogP contribution in [0.25, 0.3) is 0 Å². The summed E-state index contributed by atoms with van der Waals surface area (Å²) in [7, 11) is -2.72. The first-order chi connectivity index (χ1) is 6.22. The predicted molar refractivity (Wildman–Crippen MR) is 55.8 cm³/mol. The number of aliphatic imine (C=N–C) groups is 1. The zero-order chi connectivity index (χ0) is 11.4. The van der Waals surface area contributed by atoms with E-state index in [1.54, 1.807) is 6.92 Å². The molecule has 1 heterocycles. The van der Waals surface area contributed by atoms with Crippen molar-refractivity contribution in [2.45, 2.75) is 13.0 Å². The SMILES string of the molecule is CC(O)C1=NCCN1C.N.O=S(=O)(O)O. The first kappa shape index (κ1) is 16.7. The van der Waals surface area contributed by atoms with Crippen LogP contribution in [-0.4, -0.2) is 59.6 Å². The molecule has 0 aromatic heterocycles. The molecule has 92 valence electrons. The zero-order valence-electron chi connectivity index (χ0n) is 8.66. The maximum absolute atomic E-state index is 9.05. The average molecular weight is 243 g/mol. The van der Waals surface area contributed by atoms with E-state index < -0.39 is 16.5 Å². The molecule has 0 fully saturated rings. The molecule has 0 aromatic rings. The lowest BCUT2D eigenvalue weighted by Gasteiger charge is -2.14.